The summed E-state index contributed by atoms with van der Waals surface area (Å²) in [6.45, 7) is 6.69. The summed E-state index contributed by atoms with van der Waals surface area (Å²) in [6.07, 6.45) is 5.81. The van der Waals surface area contributed by atoms with Gasteiger partial charge in [0, 0.05) is 18.6 Å². The van der Waals surface area contributed by atoms with Crippen molar-refractivity contribution in [3.63, 3.8) is 0 Å². The second-order valence-electron chi connectivity index (χ2n) is 5.86. The minimum atomic E-state index is -0.882. The van der Waals surface area contributed by atoms with Gasteiger partial charge >= 0.3 is 5.97 Å². The van der Waals surface area contributed by atoms with Crippen LogP contribution >= 0.6 is 0 Å². The van der Waals surface area contributed by atoms with Crippen LogP contribution in [-0.2, 0) is 9.59 Å². The first-order valence-electron chi connectivity index (χ1n) is 7.71. The van der Waals surface area contributed by atoms with E-state index in [1.165, 1.54) is 19.3 Å². The highest BCUT2D eigenvalue weighted by Crippen LogP contribution is 2.22. The van der Waals surface area contributed by atoms with Gasteiger partial charge in [0.25, 0.3) is 0 Å². The van der Waals surface area contributed by atoms with Crippen molar-refractivity contribution in [2.45, 2.75) is 65.0 Å². The van der Waals surface area contributed by atoms with E-state index in [1.807, 2.05) is 25.7 Å². The van der Waals surface area contributed by atoms with Gasteiger partial charge in [-0.25, -0.2) is 0 Å². The van der Waals surface area contributed by atoms with Crippen LogP contribution in [0.15, 0.2) is 0 Å². The van der Waals surface area contributed by atoms with Crippen molar-refractivity contribution in [2.75, 3.05) is 19.6 Å². The zero-order valence-corrected chi connectivity index (χ0v) is 13.0. The summed E-state index contributed by atoms with van der Waals surface area (Å²) in [5.74, 6) is -0.818. The first kappa shape index (κ1) is 17.0. The largest absolute Gasteiger partial charge is 0.480 e. The molecule has 5 nitrogen and oxygen atoms in total. The Bertz CT molecular complexity index is 325. The van der Waals surface area contributed by atoms with Crippen LogP contribution in [0.2, 0.25) is 0 Å². The van der Waals surface area contributed by atoms with Crippen molar-refractivity contribution in [2.24, 2.45) is 0 Å². The summed E-state index contributed by atoms with van der Waals surface area (Å²) < 4.78 is 0. The van der Waals surface area contributed by atoms with Gasteiger partial charge in [-0.15, -0.1) is 0 Å². The summed E-state index contributed by atoms with van der Waals surface area (Å²) in [7, 11) is 0. The van der Waals surface area contributed by atoms with Crippen molar-refractivity contribution >= 4 is 11.9 Å². The Morgan fingerprint density at radius 1 is 1.15 bits per heavy atom. The average molecular weight is 284 g/mol. The zero-order chi connectivity index (χ0) is 15.1. The number of nitrogens with zero attached hydrogens (tertiary/aromatic N) is 2. The molecule has 0 radical (unpaired) electrons. The first-order valence-corrected chi connectivity index (χ1v) is 7.71. The van der Waals surface area contributed by atoms with Gasteiger partial charge in [0.2, 0.25) is 5.91 Å². The molecule has 0 heterocycles. The lowest BCUT2D eigenvalue weighted by molar-refractivity contribution is -0.141. The fraction of sp³-hybridized carbons (Fsp3) is 0.867. The molecule has 0 aromatic rings. The topological polar surface area (TPSA) is 60.9 Å². The van der Waals surface area contributed by atoms with Crippen LogP contribution in [-0.4, -0.2) is 58.5 Å². The highest BCUT2D eigenvalue weighted by Gasteiger charge is 2.26. The van der Waals surface area contributed by atoms with Crippen molar-refractivity contribution in [3.05, 3.63) is 0 Å². The smallest absolute Gasteiger partial charge is 0.317 e. The van der Waals surface area contributed by atoms with Crippen molar-refractivity contribution < 1.29 is 14.7 Å². The molecule has 1 rings (SSSR count). The molecule has 20 heavy (non-hydrogen) atoms. The molecule has 116 valence electrons. The van der Waals surface area contributed by atoms with E-state index in [4.69, 9.17) is 5.11 Å². The molecule has 5 heteroatoms. The van der Waals surface area contributed by atoms with Gasteiger partial charge in [0.1, 0.15) is 0 Å². The SMILES string of the molecule is CCN(C(=O)CN(CC(=O)O)C(C)C)C1CCCCC1. The summed E-state index contributed by atoms with van der Waals surface area (Å²) in [6, 6.07) is 0.403. The maximum Gasteiger partial charge on any atom is 0.317 e. The Kier molecular flexibility index (Phi) is 6.99. The lowest BCUT2D eigenvalue weighted by atomic mass is 9.94. The molecule has 1 saturated carbocycles. The number of amides is 1. The summed E-state index contributed by atoms with van der Waals surface area (Å²) in [5.41, 5.74) is 0. The van der Waals surface area contributed by atoms with Crippen LogP contribution in [0.25, 0.3) is 0 Å². The number of carboxylic acids is 1. The molecule has 0 atom stereocenters. The van der Waals surface area contributed by atoms with E-state index in [9.17, 15) is 9.59 Å². The Morgan fingerprint density at radius 3 is 2.20 bits per heavy atom. The zero-order valence-electron chi connectivity index (χ0n) is 13.0. The number of rotatable bonds is 7. The van der Waals surface area contributed by atoms with Gasteiger partial charge in [0.05, 0.1) is 13.1 Å². The lowest BCUT2D eigenvalue weighted by Gasteiger charge is -2.35. The third-order valence-corrected chi connectivity index (χ3v) is 4.08. The summed E-state index contributed by atoms with van der Waals surface area (Å²) >= 11 is 0. The molecular formula is C15H28N2O3. The lowest BCUT2D eigenvalue weighted by Crippen LogP contribution is -2.48. The predicted octanol–water partition coefficient (Wildman–Crippen LogP) is 1.96. The number of likely N-dealkylation sites (N-methyl/N-ethyl adjacent to an activating group) is 1. The van der Waals surface area contributed by atoms with E-state index < -0.39 is 5.97 Å². The molecule has 0 saturated heterocycles. The van der Waals surface area contributed by atoms with Gasteiger partial charge in [-0.2, -0.15) is 0 Å². The number of carbonyl (C=O) groups excluding carboxylic acids is 1. The van der Waals surface area contributed by atoms with Crippen LogP contribution in [0, 0.1) is 0 Å². The molecule has 0 unspecified atom stereocenters. The fourth-order valence-corrected chi connectivity index (χ4v) is 2.89. The van der Waals surface area contributed by atoms with E-state index >= 15 is 0 Å². The maximum absolute atomic E-state index is 12.5. The van der Waals surface area contributed by atoms with Crippen LogP contribution in [0.3, 0.4) is 0 Å². The van der Waals surface area contributed by atoms with E-state index in [0.29, 0.717) is 12.6 Å². The standard InChI is InChI=1S/C15H28N2O3/c1-4-17(13-8-6-5-7-9-13)14(18)10-16(12(2)3)11-15(19)20/h12-13H,4-11H2,1-3H3,(H,19,20). The van der Waals surface area contributed by atoms with Gasteiger partial charge in [-0.05, 0) is 33.6 Å². The van der Waals surface area contributed by atoms with Gasteiger partial charge < -0.3 is 10.0 Å². The Morgan fingerprint density at radius 2 is 1.75 bits per heavy atom. The number of hydrogen-bond donors (Lipinski definition) is 1. The Balaban J connectivity index is 2.62. The van der Waals surface area contributed by atoms with Crippen molar-refractivity contribution in [3.8, 4) is 0 Å². The monoisotopic (exact) mass is 284 g/mol. The van der Waals surface area contributed by atoms with Gasteiger partial charge in [-0.3, -0.25) is 14.5 Å². The predicted molar refractivity (Wildman–Crippen MR) is 78.6 cm³/mol. The molecule has 0 aromatic carbocycles. The van der Waals surface area contributed by atoms with Crippen molar-refractivity contribution in [1.82, 2.24) is 9.80 Å². The molecule has 1 amide bonds. The second-order valence-corrected chi connectivity index (χ2v) is 5.86. The minimum absolute atomic E-state index is 0.0557. The molecule has 0 spiro atoms. The highest BCUT2D eigenvalue weighted by atomic mass is 16.4. The van der Waals surface area contributed by atoms with Crippen LogP contribution in [0.5, 0.6) is 0 Å². The number of carboxylic acid groups (broad SMARTS) is 1. The molecule has 0 aromatic heterocycles. The Hall–Kier alpha value is -1.10. The molecule has 0 aliphatic heterocycles. The third kappa shape index (κ3) is 5.12. The van der Waals surface area contributed by atoms with Gasteiger partial charge in [0.15, 0.2) is 0 Å². The fourth-order valence-electron chi connectivity index (χ4n) is 2.89. The van der Waals surface area contributed by atoms with E-state index in [0.717, 1.165) is 12.8 Å². The van der Waals surface area contributed by atoms with Crippen LogP contribution in [0.1, 0.15) is 52.9 Å². The molecule has 1 N–H and O–H groups in total. The second kappa shape index (κ2) is 8.25. The number of hydrogen-bond acceptors (Lipinski definition) is 3. The van der Waals surface area contributed by atoms with E-state index in [2.05, 4.69) is 0 Å². The number of aliphatic carboxylic acids is 1. The third-order valence-electron chi connectivity index (χ3n) is 4.08. The average Bonchev–Trinajstić information content (AvgIpc) is 2.39. The summed E-state index contributed by atoms with van der Waals surface area (Å²) in [4.78, 5) is 27.0. The van der Waals surface area contributed by atoms with E-state index in [1.54, 1.807) is 4.90 Å². The van der Waals surface area contributed by atoms with Crippen molar-refractivity contribution in [1.29, 1.82) is 0 Å². The molecule has 1 aliphatic rings. The van der Waals surface area contributed by atoms with Gasteiger partial charge in [-0.1, -0.05) is 19.3 Å². The maximum atomic E-state index is 12.5. The highest BCUT2D eigenvalue weighted by molar-refractivity contribution is 5.79. The Labute approximate surface area is 121 Å². The van der Waals surface area contributed by atoms with Crippen LogP contribution < -0.4 is 0 Å². The molecule has 1 fully saturated rings. The summed E-state index contributed by atoms with van der Waals surface area (Å²) in [5, 5.41) is 8.92. The molecular weight excluding hydrogens is 256 g/mol. The molecule has 0 bridgehead atoms. The minimum Gasteiger partial charge on any atom is -0.480 e. The van der Waals surface area contributed by atoms with Crippen LogP contribution in [0.4, 0.5) is 0 Å². The first-order chi connectivity index (χ1) is 9.45. The molecule has 1 aliphatic carbocycles. The van der Waals surface area contributed by atoms with E-state index in [-0.39, 0.29) is 25.0 Å². The number of carbonyl (C=O) groups is 2. The quantitative estimate of drug-likeness (QED) is 0.776. The normalized spacial score (nSPS) is 16.6.